The fourth-order valence-electron chi connectivity index (χ4n) is 2.85. The van der Waals surface area contributed by atoms with Gasteiger partial charge in [0.2, 0.25) is 0 Å². The molecule has 1 fully saturated rings. The molecule has 0 saturated carbocycles. The molecule has 0 amide bonds. The Labute approximate surface area is 135 Å². The lowest BCUT2D eigenvalue weighted by Gasteiger charge is -2.41. The minimum Gasteiger partial charge on any atom is -0.363 e. The standard InChI is InChI=1S/C17H18Cl2N2/c1-12-10-20-16(13-6-3-2-4-7-13)11-21(12)17-14(18)8-5-9-15(17)19/h2-9,12,16,20H,10-11H2,1H3. The summed E-state index contributed by atoms with van der Waals surface area (Å²) in [5, 5.41) is 5.02. The lowest BCUT2D eigenvalue weighted by Crippen LogP contribution is -2.51. The van der Waals surface area contributed by atoms with Crippen LogP contribution in [0, 0.1) is 0 Å². The number of rotatable bonds is 2. The zero-order valence-corrected chi connectivity index (χ0v) is 13.4. The average molecular weight is 321 g/mol. The molecule has 1 aliphatic heterocycles. The largest absolute Gasteiger partial charge is 0.363 e. The summed E-state index contributed by atoms with van der Waals surface area (Å²) in [6, 6.07) is 16.8. The van der Waals surface area contributed by atoms with Gasteiger partial charge in [-0.3, -0.25) is 0 Å². The quantitative estimate of drug-likeness (QED) is 0.874. The highest BCUT2D eigenvalue weighted by atomic mass is 35.5. The Balaban J connectivity index is 1.91. The van der Waals surface area contributed by atoms with Crippen LogP contribution in [0.15, 0.2) is 48.5 Å². The Morgan fingerprint density at radius 2 is 1.67 bits per heavy atom. The van der Waals surface area contributed by atoms with E-state index in [1.807, 2.05) is 24.3 Å². The molecule has 1 aliphatic rings. The number of halogens is 2. The Morgan fingerprint density at radius 1 is 1.00 bits per heavy atom. The fraction of sp³-hybridized carbons (Fsp3) is 0.294. The van der Waals surface area contributed by atoms with Crippen molar-refractivity contribution in [2.45, 2.75) is 19.0 Å². The first-order valence-electron chi connectivity index (χ1n) is 7.16. The van der Waals surface area contributed by atoms with E-state index in [1.54, 1.807) is 0 Å². The van der Waals surface area contributed by atoms with Crippen molar-refractivity contribution >= 4 is 28.9 Å². The highest BCUT2D eigenvalue weighted by molar-refractivity contribution is 6.39. The number of para-hydroxylation sites is 1. The molecule has 3 rings (SSSR count). The summed E-state index contributed by atoms with van der Waals surface area (Å²) in [5.74, 6) is 0. The summed E-state index contributed by atoms with van der Waals surface area (Å²) >= 11 is 12.8. The van der Waals surface area contributed by atoms with Gasteiger partial charge in [0.25, 0.3) is 0 Å². The van der Waals surface area contributed by atoms with Crippen molar-refractivity contribution in [1.29, 1.82) is 0 Å². The summed E-state index contributed by atoms with van der Waals surface area (Å²) in [4.78, 5) is 2.30. The van der Waals surface area contributed by atoms with Crippen molar-refractivity contribution in [3.05, 3.63) is 64.1 Å². The maximum atomic E-state index is 6.38. The van der Waals surface area contributed by atoms with Crippen LogP contribution in [0.25, 0.3) is 0 Å². The summed E-state index contributed by atoms with van der Waals surface area (Å²) in [7, 11) is 0. The van der Waals surface area contributed by atoms with Crippen molar-refractivity contribution in [3.8, 4) is 0 Å². The molecule has 1 saturated heterocycles. The van der Waals surface area contributed by atoms with Gasteiger partial charge in [-0.05, 0) is 24.6 Å². The van der Waals surface area contributed by atoms with Crippen LogP contribution >= 0.6 is 23.2 Å². The third-order valence-electron chi connectivity index (χ3n) is 4.00. The first kappa shape index (κ1) is 14.7. The van der Waals surface area contributed by atoms with Crippen LogP contribution in [0.2, 0.25) is 10.0 Å². The van der Waals surface area contributed by atoms with Crippen molar-refractivity contribution in [2.75, 3.05) is 18.0 Å². The van der Waals surface area contributed by atoms with Gasteiger partial charge in [-0.15, -0.1) is 0 Å². The monoisotopic (exact) mass is 320 g/mol. The van der Waals surface area contributed by atoms with Crippen LogP contribution < -0.4 is 10.2 Å². The second kappa shape index (κ2) is 6.27. The first-order chi connectivity index (χ1) is 10.2. The van der Waals surface area contributed by atoms with Crippen molar-refractivity contribution in [1.82, 2.24) is 5.32 Å². The van der Waals surface area contributed by atoms with Crippen LogP contribution in [0.4, 0.5) is 5.69 Å². The molecule has 110 valence electrons. The van der Waals surface area contributed by atoms with Crippen LogP contribution in [-0.4, -0.2) is 19.1 Å². The summed E-state index contributed by atoms with van der Waals surface area (Å²) in [5.41, 5.74) is 2.23. The number of benzene rings is 2. The minimum atomic E-state index is 0.287. The van der Waals surface area contributed by atoms with Gasteiger partial charge in [0, 0.05) is 25.2 Å². The molecular weight excluding hydrogens is 303 g/mol. The SMILES string of the molecule is CC1CNC(c2ccccc2)CN1c1c(Cl)cccc1Cl. The molecule has 0 radical (unpaired) electrons. The number of hydrogen-bond donors (Lipinski definition) is 1. The Morgan fingerprint density at radius 3 is 2.33 bits per heavy atom. The first-order valence-corrected chi connectivity index (χ1v) is 7.91. The molecule has 0 aromatic heterocycles. The molecule has 1 heterocycles. The molecular formula is C17H18Cl2N2. The third kappa shape index (κ3) is 3.03. The van der Waals surface area contributed by atoms with Gasteiger partial charge in [-0.1, -0.05) is 59.6 Å². The molecule has 0 spiro atoms. The van der Waals surface area contributed by atoms with Crippen molar-refractivity contribution in [3.63, 3.8) is 0 Å². The molecule has 2 nitrogen and oxygen atoms in total. The molecule has 4 heteroatoms. The van der Waals surface area contributed by atoms with Crippen LogP contribution in [0.3, 0.4) is 0 Å². The Kier molecular flexibility index (Phi) is 4.39. The van der Waals surface area contributed by atoms with E-state index in [2.05, 4.69) is 41.4 Å². The van der Waals surface area contributed by atoms with Gasteiger partial charge in [-0.25, -0.2) is 0 Å². The van der Waals surface area contributed by atoms with Crippen LogP contribution in [-0.2, 0) is 0 Å². The highest BCUT2D eigenvalue weighted by Crippen LogP contribution is 2.36. The van der Waals surface area contributed by atoms with Crippen molar-refractivity contribution < 1.29 is 0 Å². The summed E-state index contributed by atoms with van der Waals surface area (Å²) in [6.45, 7) is 3.95. The Bertz CT molecular complexity index is 595. The molecule has 0 aliphatic carbocycles. The number of nitrogens with zero attached hydrogens (tertiary/aromatic N) is 1. The predicted octanol–water partition coefficient (Wildman–Crippen LogP) is 4.53. The maximum absolute atomic E-state index is 6.38. The number of anilines is 1. The molecule has 2 atom stereocenters. The lowest BCUT2D eigenvalue weighted by molar-refractivity contribution is 0.414. The van der Waals surface area contributed by atoms with Crippen LogP contribution in [0.1, 0.15) is 18.5 Å². The number of hydrogen-bond acceptors (Lipinski definition) is 2. The minimum absolute atomic E-state index is 0.287. The highest BCUT2D eigenvalue weighted by Gasteiger charge is 2.28. The van der Waals surface area contributed by atoms with E-state index < -0.39 is 0 Å². The predicted molar refractivity (Wildman–Crippen MR) is 90.5 cm³/mol. The number of nitrogens with one attached hydrogen (secondary N) is 1. The van der Waals surface area contributed by atoms with E-state index in [1.165, 1.54) is 5.56 Å². The Hall–Kier alpha value is -1.22. The zero-order valence-electron chi connectivity index (χ0n) is 11.9. The van der Waals surface area contributed by atoms with Crippen LogP contribution in [0.5, 0.6) is 0 Å². The number of piperazine rings is 1. The van der Waals surface area contributed by atoms with E-state index >= 15 is 0 Å². The second-order valence-corrected chi connectivity index (χ2v) is 6.26. The smallest absolute Gasteiger partial charge is 0.0748 e. The molecule has 2 unspecified atom stereocenters. The lowest BCUT2D eigenvalue weighted by atomic mass is 10.0. The molecule has 2 aromatic carbocycles. The molecule has 21 heavy (non-hydrogen) atoms. The fourth-order valence-corrected chi connectivity index (χ4v) is 3.46. The zero-order chi connectivity index (χ0) is 14.8. The second-order valence-electron chi connectivity index (χ2n) is 5.44. The van der Waals surface area contributed by atoms with Gasteiger partial charge in [0.1, 0.15) is 0 Å². The molecule has 0 bridgehead atoms. The molecule has 1 N–H and O–H groups in total. The van der Waals surface area contributed by atoms with Gasteiger partial charge >= 0.3 is 0 Å². The maximum Gasteiger partial charge on any atom is 0.0748 e. The van der Waals surface area contributed by atoms with Crippen molar-refractivity contribution in [2.24, 2.45) is 0 Å². The van der Waals surface area contributed by atoms with E-state index in [4.69, 9.17) is 23.2 Å². The molecule has 2 aromatic rings. The van der Waals surface area contributed by atoms with E-state index in [0.717, 1.165) is 18.8 Å². The van der Waals surface area contributed by atoms with Gasteiger partial charge < -0.3 is 10.2 Å². The van der Waals surface area contributed by atoms with E-state index in [9.17, 15) is 0 Å². The normalized spacial score (nSPS) is 22.3. The average Bonchev–Trinajstić information content (AvgIpc) is 2.50. The van der Waals surface area contributed by atoms with Gasteiger partial charge in [0.05, 0.1) is 15.7 Å². The topological polar surface area (TPSA) is 15.3 Å². The van der Waals surface area contributed by atoms with E-state index in [0.29, 0.717) is 16.1 Å². The summed E-state index contributed by atoms with van der Waals surface area (Å²) < 4.78 is 0. The van der Waals surface area contributed by atoms with Gasteiger partial charge in [-0.2, -0.15) is 0 Å². The van der Waals surface area contributed by atoms with Gasteiger partial charge in [0.15, 0.2) is 0 Å². The van der Waals surface area contributed by atoms with E-state index in [-0.39, 0.29) is 6.04 Å². The summed E-state index contributed by atoms with van der Waals surface area (Å²) in [6.07, 6.45) is 0. The third-order valence-corrected chi connectivity index (χ3v) is 4.61.